The fourth-order valence-corrected chi connectivity index (χ4v) is 4.00. The van der Waals surface area contributed by atoms with E-state index in [2.05, 4.69) is 5.32 Å². The van der Waals surface area contributed by atoms with E-state index >= 15 is 0 Å². The summed E-state index contributed by atoms with van der Waals surface area (Å²) < 4.78 is 11.4. The number of imide groups is 1. The molecule has 174 valence electrons. The molecule has 1 fully saturated rings. The maximum absolute atomic E-state index is 12.8. The third-order valence-corrected chi connectivity index (χ3v) is 5.90. The van der Waals surface area contributed by atoms with Crippen molar-refractivity contribution in [2.24, 2.45) is 0 Å². The van der Waals surface area contributed by atoms with Crippen LogP contribution in [0.2, 0.25) is 0 Å². The van der Waals surface area contributed by atoms with E-state index in [9.17, 15) is 14.4 Å². The zero-order valence-electron chi connectivity index (χ0n) is 19.3. The Morgan fingerprint density at radius 1 is 1.03 bits per heavy atom. The first-order chi connectivity index (χ1) is 15.8. The summed E-state index contributed by atoms with van der Waals surface area (Å²) in [7, 11) is 0. The van der Waals surface area contributed by atoms with Gasteiger partial charge in [0, 0.05) is 5.69 Å². The van der Waals surface area contributed by atoms with Gasteiger partial charge in [0.1, 0.15) is 6.54 Å². The minimum atomic E-state index is -0.496. The van der Waals surface area contributed by atoms with Gasteiger partial charge >= 0.3 is 0 Å². The summed E-state index contributed by atoms with van der Waals surface area (Å²) in [5, 5.41) is 2.27. The van der Waals surface area contributed by atoms with Crippen molar-refractivity contribution in [1.29, 1.82) is 0 Å². The molecule has 1 heterocycles. The molecule has 2 aromatic rings. The molecule has 0 radical (unpaired) electrons. The van der Waals surface area contributed by atoms with Crippen LogP contribution in [0.15, 0.2) is 41.3 Å². The Balaban J connectivity index is 1.71. The molecule has 3 amide bonds. The highest BCUT2D eigenvalue weighted by atomic mass is 32.2. The Morgan fingerprint density at radius 2 is 1.82 bits per heavy atom. The summed E-state index contributed by atoms with van der Waals surface area (Å²) in [5.74, 6) is 0.279. The van der Waals surface area contributed by atoms with Gasteiger partial charge in [0.05, 0.1) is 18.1 Å². The molecule has 3 rings (SSSR count). The number of thioether (sulfide) groups is 1. The summed E-state index contributed by atoms with van der Waals surface area (Å²) in [4.78, 5) is 38.9. The second-order valence-electron chi connectivity index (χ2n) is 7.60. The van der Waals surface area contributed by atoms with Crippen molar-refractivity contribution < 1.29 is 23.9 Å². The Labute approximate surface area is 198 Å². The van der Waals surface area contributed by atoms with Crippen LogP contribution in [0, 0.1) is 13.8 Å². The average Bonchev–Trinajstić information content (AvgIpc) is 3.03. The quantitative estimate of drug-likeness (QED) is 0.512. The number of aryl methyl sites for hydroxylation is 2. The first kappa shape index (κ1) is 24.4. The number of nitrogens with zero attached hydrogens (tertiary/aromatic N) is 1. The zero-order chi connectivity index (χ0) is 24.0. The molecule has 2 aromatic carbocycles. The van der Waals surface area contributed by atoms with Gasteiger partial charge in [-0.1, -0.05) is 19.1 Å². The molecule has 1 saturated heterocycles. The van der Waals surface area contributed by atoms with Crippen molar-refractivity contribution in [2.45, 2.75) is 34.1 Å². The molecule has 1 N–H and O–H groups in total. The van der Waals surface area contributed by atoms with Crippen LogP contribution in [-0.2, 0) is 9.59 Å². The zero-order valence-corrected chi connectivity index (χ0v) is 20.1. The van der Waals surface area contributed by atoms with Gasteiger partial charge in [-0.05, 0) is 86.0 Å². The Bertz CT molecular complexity index is 1100. The van der Waals surface area contributed by atoms with Crippen LogP contribution in [0.3, 0.4) is 0 Å². The molecule has 33 heavy (non-hydrogen) atoms. The average molecular weight is 469 g/mol. The third kappa shape index (κ3) is 6.16. The van der Waals surface area contributed by atoms with E-state index < -0.39 is 17.1 Å². The second-order valence-corrected chi connectivity index (χ2v) is 8.60. The largest absolute Gasteiger partial charge is 0.490 e. The molecule has 0 bridgehead atoms. The predicted octanol–water partition coefficient (Wildman–Crippen LogP) is 5.17. The highest BCUT2D eigenvalue weighted by Gasteiger charge is 2.36. The third-order valence-electron chi connectivity index (χ3n) is 4.99. The minimum absolute atomic E-state index is 0.253. The summed E-state index contributed by atoms with van der Waals surface area (Å²) in [5.41, 5.74) is 3.48. The maximum Gasteiger partial charge on any atom is 0.294 e. The van der Waals surface area contributed by atoms with Crippen LogP contribution in [0.4, 0.5) is 10.5 Å². The number of hydrogen-bond donors (Lipinski definition) is 1. The van der Waals surface area contributed by atoms with Gasteiger partial charge in [-0.2, -0.15) is 0 Å². The lowest BCUT2D eigenvalue weighted by molar-refractivity contribution is -0.127. The SMILES string of the molecule is CCCOc1ccc(/C=C2\SC(=O)N(CC(=O)Nc3ccc(C)c(C)c3)C2=O)cc1OCC. The molecule has 0 aromatic heterocycles. The van der Waals surface area contributed by atoms with Gasteiger partial charge in [0.25, 0.3) is 11.1 Å². The lowest BCUT2D eigenvalue weighted by Gasteiger charge is -2.13. The first-order valence-electron chi connectivity index (χ1n) is 10.8. The van der Waals surface area contributed by atoms with Crippen molar-refractivity contribution in [2.75, 3.05) is 25.1 Å². The van der Waals surface area contributed by atoms with Gasteiger partial charge < -0.3 is 14.8 Å². The van der Waals surface area contributed by atoms with E-state index in [1.54, 1.807) is 30.3 Å². The van der Waals surface area contributed by atoms with Crippen LogP contribution < -0.4 is 14.8 Å². The number of rotatable bonds is 9. The smallest absolute Gasteiger partial charge is 0.294 e. The van der Waals surface area contributed by atoms with Gasteiger partial charge in [-0.25, -0.2) is 0 Å². The van der Waals surface area contributed by atoms with Gasteiger partial charge in [-0.3, -0.25) is 19.3 Å². The molecule has 0 spiro atoms. The highest BCUT2D eigenvalue weighted by Crippen LogP contribution is 2.34. The van der Waals surface area contributed by atoms with Gasteiger partial charge in [0.15, 0.2) is 11.5 Å². The predicted molar refractivity (Wildman–Crippen MR) is 131 cm³/mol. The van der Waals surface area contributed by atoms with Crippen molar-refractivity contribution in [3.63, 3.8) is 0 Å². The van der Waals surface area contributed by atoms with E-state index in [1.165, 1.54) is 0 Å². The van der Waals surface area contributed by atoms with Crippen LogP contribution in [0.25, 0.3) is 6.08 Å². The number of amides is 3. The second kappa shape index (κ2) is 11.0. The van der Waals surface area contributed by atoms with Crippen molar-refractivity contribution >= 4 is 40.6 Å². The first-order valence-corrected chi connectivity index (χ1v) is 11.7. The normalized spacial score (nSPS) is 14.7. The van der Waals surface area contributed by atoms with Crippen LogP contribution in [-0.4, -0.2) is 41.7 Å². The monoisotopic (exact) mass is 468 g/mol. The summed E-state index contributed by atoms with van der Waals surface area (Å²) in [6.07, 6.45) is 2.50. The number of nitrogens with one attached hydrogen (secondary N) is 1. The number of hydrogen-bond acceptors (Lipinski definition) is 6. The molecule has 0 atom stereocenters. The molecule has 8 heteroatoms. The standard InChI is InChI=1S/C25H28N2O5S/c1-5-11-32-20-10-8-18(13-21(20)31-6-2)14-22-24(29)27(25(30)33-22)15-23(28)26-19-9-7-16(3)17(4)12-19/h7-10,12-14H,5-6,11,15H2,1-4H3,(H,26,28)/b22-14-. The molecule has 1 aliphatic heterocycles. The van der Waals surface area contributed by atoms with Gasteiger partial charge in [-0.15, -0.1) is 0 Å². The molecule has 0 aliphatic carbocycles. The van der Waals surface area contributed by atoms with Crippen molar-refractivity contribution in [1.82, 2.24) is 4.90 Å². The number of anilines is 1. The lowest BCUT2D eigenvalue weighted by Crippen LogP contribution is -2.36. The molecular weight excluding hydrogens is 440 g/mol. The van der Waals surface area contributed by atoms with E-state index in [0.717, 1.165) is 34.2 Å². The number of carbonyl (C=O) groups is 3. The van der Waals surface area contributed by atoms with E-state index in [1.807, 2.05) is 39.8 Å². The Morgan fingerprint density at radius 3 is 2.52 bits per heavy atom. The fraction of sp³-hybridized carbons (Fsp3) is 0.320. The molecule has 1 aliphatic rings. The van der Waals surface area contributed by atoms with Crippen molar-refractivity contribution in [3.05, 3.63) is 58.0 Å². The topological polar surface area (TPSA) is 84.9 Å². The number of benzene rings is 2. The Hall–Kier alpha value is -3.26. The van der Waals surface area contributed by atoms with Gasteiger partial charge in [0.2, 0.25) is 5.91 Å². The maximum atomic E-state index is 12.8. The molecule has 0 saturated carbocycles. The lowest BCUT2D eigenvalue weighted by atomic mass is 10.1. The van der Waals surface area contributed by atoms with E-state index in [0.29, 0.717) is 36.0 Å². The number of ether oxygens (including phenoxy) is 2. The Kier molecular flexibility index (Phi) is 8.16. The summed E-state index contributed by atoms with van der Waals surface area (Å²) in [6, 6.07) is 10.9. The summed E-state index contributed by atoms with van der Waals surface area (Å²) in [6.45, 7) is 8.53. The minimum Gasteiger partial charge on any atom is -0.490 e. The van der Waals surface area contributed by atoms with E-state index in [-0.39, 0.29) is 11.4 Å². The highest BCUT2D eigenvalue weighted by molar-refractivity contribution is 8.18. The summed E-state index contributed by atoms with van der Waals surface area (Å²) >= 11 is 0.813. The van der Waals surface area contributed by atoms with Crippen LogP contribution in [0.5, 0.6) is 11.5 Å². The molecular formula is C25H28N2O5S. The molecule has 0 unspecified atom stereocenters. The van der Waals surface area contributed by atoms with Crippen LogP contribution in [0.1, 0.15) is 37.0 Å². The van der Waals surface area contributed by atoms with Crippen molar-refractivity contribution in [3.8, 4) is 11.5 Å². The molecule has 7 nitrogen and oxygen atoms in total. The fourth-order valence-electron chi connectivity index (χ4n) is 3.16. The van der Waals surface area contributed by atoms with E-state index in [4.69, 9.17) is 9.47 Å². The van der Waals surface area contributed by atoms with Crippen LogP contribution >= 0.6 is 11.8 Å². The number of carbonyl (C=O) groups excluding carboxylic acids is 3.